The molecule has 78 valence electrons. The van der Waals surface area contributed by atoms with Crippen LogP contribution in [0.15, 0.2) is 37.8 Å². The second-order valence-electron chi connectivity index (χ2n) is 2.98. The standard InChI is InChI=1S/C10H8Br2N2O/c11-7-1-6(2-8(12)3-7)9-5-14-10(4-13)15-9/h1-3,5H,4,13H2. The monoisotopic (exact) mass is 330 g/mol. The predicted molar refractivity (Wildman–Crippen MR) is 65.2 cm³/mol. The fourth-order valence-corrected chi connectivity index (χ4v) is 2.53. The lowest BCUT2D eigenvalue weighted by Gasteiger charge is -1.99. The van der Waals surface area contributed by atoms with Crippen molar-refractivity contribution in [2.24, 2.45) is 5.73 Å². The average Bonchev–Trinajstić information content (AvgIpc) is 2.64. The lowest BCUT2D eigenvalue weighted by molar-refractivity contribution is 0.509. The average molecular weight is 332 g/mol. The van der Waals surface area contributed by atoms with Crippen LogP contribution in [-0.2, 0) is 6.54 Å². The van der Waals surface area contributed by atoms with Gasteiger partial charge in [-0.05, 0) is 18.2 Å². The van der Waals surface area contributed by atoms with Crippen LogP contribution in [-0.4, -0.2) is 4.98 Å². The van der Waals surface area contributed by atoms with Crippen LogP contribution in [0, 0.1) is 0 Å². The van der Waals surface area contributed by atoms with Crippen LogP contribution in [0.25, 0.3) is 11.3 Å². The summed E-state index contributed by atoms with van der Waals surface area (Å²) in [6, 6.07) is 5.89. The molecule has 0 aliphatic carbocycles. The van der Waals surface area contributed by atoms with Crippen molar-refractivity contribution >= 4 is 31.9 Å². The minimum Gasteiger partial charge on any atom is -0.439 e. The Hall–Kier alpha value is -0.650. The molecule has 0 aliphatic rings. The zero-order chi connectivity index (χ0) is 10.8. The van der Waals surface area contributed by atoms with Gasteiger partial charge in [-0.3, -0.25) is 0 Å². The number of nitrogens with two attached hydrogens (primary N) is 1. The molecule has 0 radical (unpaired) electrons. The van der Waals surface area contributed by atoms with Crippen LogP contribution >= 0.6 is 31.9 Å². The molecule has 5 heteroatoms. The number of benzene rings is 1. The van der Waals surface area contributed by atoms with Crippen LogP contribution in [0.1, 0.15) is 5.89 Å². The van der Waals surface area contributed by atoms with Crippen LogP contribution in [0.3, 0.4) is 0 Å². The van der Waals surface area contributed by atoms with Crippen molar-refractivity contribution in [1.82, 2.24) is 4.98 Å². The third-order valence-electron chi connectivity index (χ3n) is 1.88. The topological polar surface area (TPSA) is 52.0 Å². The third kappa shape index (κ3) is 2.48. The summed E-state index contributed by atoms with van der Waals surface area (Å²) in [7, 11) is 0. The maximum Gasteiger partial charge on any atom is 0.208 e. The Bertz CT molecular complexity index is 462. The second-order valence-corrected chi connectivity index (χ2v) is 4.81. The Morgan fingerprint density at radius 3 is 2.40 bits per heavy atom. The molecule has 0 bridgehead atoms. The van der Waals surface area contributed by atoms with Gasteiger partial charge in [-0.25, -0.2) is 4.98 Å². The first kappa shape index (κ1) is 10.9. The SMILES string of the molecule is NCc1ncc(-c2cc(Br)cc(Br)c2)o1. The van der Waals surface area contributed by atoms with E-state index in [2.05, 4.69) is 36.8 Å². The quantitative estimate of drug-likeness (QED) is 0.918. The number of nitrogens with zero attached hydrogens (tertiary/aromatic N) is 1. The molecule has 1 aromatic carbocycles. The first-order valence-corrected chi connectivity index (χ1v) is 5.89. The number of halogens is 2. The fraction of sp³-hybridized carbons (Fsp3) is 0.100. The molecule has 2 aromatic rings. The Morgan fingerprint density at radius 1 is 1.20 bits per heavy atom. The van der Waals surface area contributed by atoms with Crippen LogP contribution < -0.4 is 5.73 Å². The zero-order valence-corrected chi connectivity index (χ0v) is 10.9. The van der Waals surface area contributed by atoms with E-state index in [4.69, 9.17) is 10.2 Å². The van der Waals surface area contributed by atoms with Crippen molar-refractivity contribution in [1.29, 1.82) is 0 Å². The molecule has 0 fully saturated rings. The Morgan fingerprint density at radius 2 is 1.87 bits per heavy atom. The van der Waals surface area contributed by atoms with Gasteiger partial charge in [0.05, 0.1) is 12.7 Å². The van der Waals surface area contributed by atoms with Crippen molar-refractivity contribution in [3.05, 3.63) is 39.2 Å². The van der Waals surface area contributed by atoms with Gasteiger partial charge in [0.1, 0.15) is 0 Å². The number of oxazole rings is 1. The van der Waals surface area contributed by atoms with E-state index in [9.17, 15) is 0 Å². The summed E-state index contributed by atoms with van der Waals surface area (Å²) in [5.41, 5.74) is 6.39. The van der Waals surface area contributed by atoms with E-state index in [1.54, 1.807) is 6.20 Å². The van der Waals surface area contributed by atoms with Gasteiger partial charge in [0.25, 0.3) is 0 Å². The molecule has 1 heterocycles. The highest BCUT2D eigenvalue weighted by Crippen LogP contribution is 2.27. The maximum absolute atomic E-state index is 5.45. The summed E-state index contributed by atoms with van der Waals surface area (Å²) < 4.78 is 7.42. The van der Waals surface area contributed by atoms with E-state index in [-0.39, 0.29) is 0 Å². The van der Waals surface area contributed by atoms with Crippen molar-refractivity contribution < 1.29 is 4.42 Å². The van der Waals surface area contributed by atoms with Gasteiger partial charge in [0.2, 0.25) is 5.89 Å². The van der Waals surface area contributed by atoms with Crippen molar-refractivity contribution in [3.8, 4) is 11.3 Å². The summed E-state index contributed by atoms with van der Waals surface area (Å²) in [4.78, 5) is 4.05. The molecule has 3 nitrogen and oxygen atoms in total. The molecule has 0 spiro atoms. The largest absolute Gasteiger partial charge is 0.439 e. The Kier molecular flexibility index (Phi) is 3.23. The van der Waals surface area contributed by atoms with Crippen molar-refractivity contribution in [2.75, 3.05) is 0 Å². The maximum atomic E-state index is 5.45. The molecule has 0 atom stereocenters. The first-order chi connectivity index (χ1) is 7.19. The van der Waals surface area contributed by atoms with E-state index >= 15 is 0 Å². The van der Waals surface area contributed by atoms with E-state index in [0.29, 0.717) is 12.4 Å². The summed E-state index contributed by atoms with van der Waals surface area (Å²) in [5, 5.41) is 0. The van der Waals surface area contributed by atoms with Crippen LogP contribution in [0.2, 0.25) is 0 Å². The number of rotatable bonds is 2. The first-order valence-electron chi connectivity index (χ1n) is 4.30. The van der Waals surface area contributed by atoms with Gasteiger partial charge >= 0.3 is 0 Å². The van der Waals surface area contributed by atoms with E-state index in [0.717, 1.165) is 20.3 Å². The fourth-order valence-electron chi connectivity index (χ4n) is 1.23. The second kappa shape index (κ2) is 4.47. The molecular weight excluding hydrogens is 324 g/mol. The van der Waals surface area contributed by atoms with E-state index in [1.165, 1.54) is 0 Å². The molecule has 0 aliphatic heterocycles. The molecule has 15 heavy (non-hydrogen) atoms. The van der Waals surface area contributed by atoms with Gasteiger partial charge in [0, 0.05) is 14.5 Å². The zero-order valence-electron chi connectivity index (χ0n) is 7.71. The molecule has 0 saturated heterocycles. The molecule has 1 aromatic heterocycles. The highest BCUT2D eigenvalue weighted by atomic mass is 79.9. The van der Waals surface area contributed by atoms with Gasteiger partial charge < -0.3 is 10.2 Å². The Balaban J connectivity index is 2.44. The number of hydrogen-bond acceptors (Lipinski definition) is 3. The van der Waals surface area contributed by atoms with Gasteiger partial charge in [-0.2, -0.15) is 0 Å². The third-order valence-corrected chi connectivity index (χ3v) is 2.79. The molecular formula is C10H8Br2N2O. The molecule has 0 saturated carbocycles. The van der Waals surface area contributed by atoms with Gasteiger partial charge in [0.15, 0.2) is 5.76 Å². The number of aromatic nitrogens is 1. The highest BCUT2D eigenvalue weighted by Gasteiger charge is 2.06. The normalized spacial score (nSPS) is 10.6. The summed E-state index contributed by atoms with van der Waals surface area (Å²) in [6.45, 7) is 0.315. The van der Waals surface area contributed by atoms with Crippen LogP contribution in [0.5, 0.6) is 0 Å². The Labute approximate surface area is 104 Å². The van der Waals surface area contributed by atoms with Gasteiger partial charge in [-0.1, -0.05) is 31.9 Å². The summed E-state index contributed by atoms with van der Waals surface area (Å²) in [5.74, 6) is 1.26. The minimum absolute atomic E-state index is 0.315. The smallest absolute Gasteiger partial charge is 0.208 e. The summed E-state index contributed by atoms with van der Waals surface area (Å²) >= 11 is 6.83. The molecule has 0 unspecified atom stereocenters. The molecule has 0 amide bonds. The lowest BCUT2D eigenvalue weighted by atomic mass is 10.2. The predicted octanol–water partition coefficient (Wildman–Crippen LogP) is 3.33. The van der Waals surface area contributed by atoms with Gasteiger partial charge in [-0.15, -0.1) is 0 Å². The van der Waals surface area contributed by atoms with Crippen molar-refractivity contribution in [3.63, 3.8) is 0 Å². The van der Waals surface area contributed by atoms with E-state index in [1.807, 2.05) is 18.2 Å². The molecule has 2 N–H and O–H groups in total. The van der Waals surface area contributed by atoms with Crippen LogP contribution in [0.4, 0.5) is 0 Å². The minimum atomic E-state index is 0.315. The highest BCUT2D eigenvalue weighted by molar-refractivity contribution is 9.11. The summed E-state index contributed by atoms with van der Waals surface area (Å²) in [6.07, 6.45) is 1.68. The van der Waals surface area contributed by atoms with E-state index < -0.39 is 0 Å². The number of hydrogen-bond donors (Lipinski definition) is 1. The van der Waals surface area contributed by atoms with Crippen molar-refractivity contribution in [2.45, 2.75) is 6.54 Å². The lowest BCUT2D eigenvalue weighted by Crippen LogP contribution is -1.94. The molecule has 2 rings (SSSR count).